The van der Waals surface area contributed by atoms with Crippen molar-refractivity contribution in [2.45, 2.75) is 0 Å². The lowest BCUT2D eigenvalue weighted by Crippen LogP contribution is -2.15. The summed E-state index contributed by atoms with van der Waals surface area (Å²) in [5, 5.41) is 2.79. The van der Waals surface area contributed by atoms with Gasteiger partial charge in [0.05, 0.1) is 10.0 Å². The van der Waals surface area contributed by atoms with Crippen LogP contribution in [0.2, 0.25) is 5.02 Å². The minimum absolute atomic E-state index is 0.125. The van der Waals surface area contributed by atoms with Crippen LogP contribution in [-0.4, -0.2) is 10.9 Å². The summed E-state index contributed by atoms with van der Waals surface area (Å²) in [5.41, 5.74) is -0.125. The highest BCUT2D eigenvalue weighted by molar-refractivity contribution is 9.10. The van der Waals surface area contributed by atoms with E-state index >= 15 is 0 Å². The van der Waals surface area contributed by atoms with Crippen LogP contribution in [0.1, 0.15) is 10.4 Å². The molecule has 0 fully saturated rings. The summed E-state index contributed by atoms with van der Waals surface area (Å²) in [7, 11) is 0. The lowest BCUT2D eigenvalue weighted by molar-refractivity contribution is 0.102. The number of carbonyl (C=O) groups excluding carboxylic acids is 1. The fourth-order valence-corrected chi connectivity index (χ4v) is 1.85. The number of aromatic nitrogens is 1. The van der Waals surface area contributed by atoms with E-state index in [1.54, 1.807) is 12.1 Å². The minimum atomic E-state index is -0.635. The zero-order chi connectivity index (χ0) is 13.1. The summed E-state index contributed by atoms with van der Waals surface area (Å²) in [6.45, 7) is 0. The van der Waals surface area contributed by atoms with E-state index in [1.807, 2.05) is 0 Å². The van der Waals surface area contributed by atoms with Gasteiger partial charge in [0.25, 0.3) is 5.91 Å². The predicted octanol–water partition coefficient (Wildman–Crippen LogP) is 3.89. The van der Waals surface area contributed by atoms with Gasteiger partial charge in [0.15, 0.2) is 0 Å². The third-order valence-electron chi connectivity index (χ3n) is 2.16. The molecule has 0 aliphatic heterocycles. The van der Waals surface area contributed by atoms with E-state index < -0.39 is 11.7 Å². The van der Waals surface area contributed by atoms with Gasteiger partial charge in [-0.1, -0.05) is 11.6 Å². The Morgan fingerprint density at radius 3 is 2.89 bits per heavy atom. The van der Waals surface area contributed by atoms with E-state index in [0.717, 1.165) is 6.07 Å². The van der Waals surface area contributed by atoms with Gasteiger partial charge < -0.3 is 5.32 Å². The van der Waals surface area contributed by atoms with E-state index in [0.29, 0.717) is 15.3 Å². The lowest BCUT2D eigenvalue weighted by Gasteiger charge is -2.07. The number of pyridine rings is 1. The quantitative estimate of drug-likeness (QED) is 0.908. The third-order valence-corrected chi connectivity index (χ3v) is 3.04. The highest BCUT2D eigenvalue weighted by Crippen LogP contribution is 2.20. The van der Waals surface area contributed by atoms with Gasteiger partial charge in [-0.15, -0.1) is 0 Å². The molecule has 0 aliphatic carbocycles. The van der Waals surface area contributed by atoms with E-state index in [2.05, 4.69) is 26.2 Å². The van der Waals surface area contributed by atoms with Crippen LogP contribution in [0.4, 0.5) is 10.2 Å². The summed E-state index contributed by atoms with van der Waals surface area (Å²) < 4.78 is 14.1. The maximum Gasteiger partial charge on any atom is 0.259 e. The molecule has 0 unspecified atom stereocenters. The Balaban J connectivity index is 2.28. The molecule has 0 spiro atoms. The first-order valence-electron chi connectivity index (χ1n) is 4.95. The molecule has 1 heterocycles. The largest absolute Gasteiger partial charge is 0.306 e. The SMILES string of the molecule is O=C(Nc1ncccc1Br)c1cc(Cl)ccc1F. The Hall–Kier alpha value is -1.46. The highest BCUT2D eigenvalue weighted by atomic mass is 79.9. The summed E-state index contributed by atoms with van der Waals surface area (Å²) in [4.78, 5) is 15.8. The molecule has 1 amide bonds. The Morgan fingerprint density at radius 2 is 2.17 bits per heavy atom. The number of nitrogens with one attached hydrogen (secondary N) is 1. The van der Waals surface area contributed by atoms with Crippen LogP contribution < -0.4 is 5.32 Å². The van der Waals surface area contributed by atoms with Crippen LogP contribution >= 0.6 is 27.5 Å². The molecule has 92 valence electrons. The second-order valence-electron chi connectivity index (χ2n) is 3.41. The van der Waals surface area contributed by atoms with Crippen molar-refractivity contribution in [3.05, 3.63) is 57.4 Å². The van der Waals surface area contributed by atoms with E-state index in [-0.39, 0.29) is 5.56 Å². The van der Waals surface area contributed by atoms with Gasteiger partial charge in [-0.05, 0) is 46.3 Å². The molecule has 0 radical (unpaired) electrons. The zero-order valence-corrected chi connectivity index (χ0v) is 11.3. The number of rotatable bonds is 2. The first-order valence-corrected chi connectivity index (χ1v) is 6.12. The second kappa shape index (κ2) is 5.46. The van der Waals surface area contributed by atoms with Crippen LogP contribution in [0, 0.1) is 5.82 Å². The first kappa shape index (κ1) is 13.0. The summed E-state index contributed by atoms with van der Waals surface area (Å²) in [5.74, 6) is -0.916. The van der Waals surface area contributed by atoms with Gasteiger partial charge in [-0.25, -0.2) is 9.37 Å². The van der Waals surface area contributed by atoms with Crippen LogP contribution in [0.15, 0.2) is 41.0 Å². The molecule has 0 aliphatic rings. The van der Waals surface area contributed by atoms with Crippen LogP contribution in [0.3, 0.4) is 0 Å². The zero-order valence-electron chi connectivity index (χ0n) is 8.95. The number of anilines is 1. The molecule has 1 N–H and O–H groups in total. The van der Waals surface area contributed by atoms with Crippen LogP contribution in [-0.2, 0) is 0 Å². The average molecular weight is 330 g/mol. The van der Waals surface area contributed by atoms with Crippen molar-refractivity contribution >= 4 is 39.3 Å². The van der Waals surface area contributed by atoms with E-state index in [1.165, 1.54) is 18.3 Å². The fraction of sp³-hybridized carbons (Fsp3) is 0. The number of hydrogen-bond acceptors (Lipinski definition) is 2. The monoisotopic (exact) mass is 328 g/mol. The van der Waals surface area contributed by atoms with E-state index in [4.69, 9.17) is 11.6 Å². The van der Waals surface area contributed by atoms with Crippen LogP contribution in [0.25, 0.3) is 0 Å². The van der Waals surface area contributed by atoms with Crippen molar-refractivity contribution in [3.8, 4) is 0 Å². The molecule has 3 nitrogen and oxygen atoms in total. The molecule has 18 heavy (non-hydrogen) atoms. The first-order chi connectivity index (χ1) is 8.58. The van der Waals surface area contributed by atoms with Gasteiger partial charge in [0.2, 0.25) is 0 Å². The van der Waals surface area contributed by atoms with Crippen molar-refractivity contribution in [2.75, 3.05) is 5.32 Å². The number of amides is 1. The maximum absolute atomic E-state index is 13.5. The van der Waals surface area contributed by atoms with Crippen molar-refractivity contribution in [2.24, 2.45) is 0 Å². The van der Waals surface area contributed by atoms with Crippen molar-refractivity contribution in [3.63, 3.8) is 0 Å². The molecular formula is C12H7BrClFN2O. The molecule has 6 heteroatoms. The Labute approximate surface area is 116 Å². The molecule has 0 atom stereocenters. The minimum Gasteiger partial charge on any atom is -0.306 e. The van der Waals surface area contributed by atoms with Gasteiger partial charge in [-0.2, -0.15) is 0 Å². The molecule has 0 saturated carbocycles. The highest BCUT2D eigenvalue weighted by Gasteiger charge is 2.14. The molecule has 0 saturated heterocycles. The van der Waals surface area contributed by atoms with Gasteiger partial charge in [0.1, 0.15) is 11.6 Å². The molecule has 2 aromatic rings. The number of halogens is 3. The fourth-order valence-electron chi connectivity index (χ4n) is 1.32. The Kier molecular flexibility index (Phi) is 3.93. The molecule has 1 aromatic carbocycles. The van der Waals surface area contributed by atoms with Crippen molar-refractivity contribution in [1.29, 1.82) is 0 Å². The third kappa shape index (κ3) is 2.86. The van der Waals surface area contributed by atoms with Gasteiger partial charge >= 0.3 is 0 Å². The predicted molar refractivity (Wildman–Crippen MR) is 71.3 cm³/mol. The summed E-state index contributed by atoms with van der Waals surface area (Å²) in [6.07, 6.45) is 1.52. The standard InChI is InChI=1S/C12H7BrClFN2O/c13-9-2-1-5-16-11(9)17-12(18)8-6-7(14)3-4-10(8)15/h1-6H,(H,16,17,18). The molecule has 2 rings (SSSR count). The van der Waals surface area contributed by atoms with E-state index in [9.17, 15) is 9.18 Å². The lowest BCUT2D eigenvalue weighted by atomic mass is 10.2. The van der Waals surface area contributed by atoms with Crippen molar-refractivity contribution in [1.82, 2.24) is 4.98 Å². The average Bonchev–Trinajstić information content (AvgIpc) is 2.35. The summed E-state index contributed by atoms with van der Waals surface area (Å²) in [6, 6.07) is 7.22. The maximum atomic E-state index is 13.5. The number of carbonyl (C=O) groups is 1. The Bertz CT molecular complexity index is 606. The number of benzene rings is 1. The topological polar surface area (TPSA) is 42.0 Å². The van der Waals surface area contributed by atoms with Gasteiger partial charge in [-0.3, -0.25) is 4.79 Å². The summed E-state index contributed by atoms with van der Waals surface area (Å²) >= 11 is 8.96. The Morgan fingerprint density at radius 1 is 1.39 bits per heavy atom. The number of hydrogen-bond donors (Lipinski definition) is 1. The van der Waals surface area contributed by atoms with Crippen LogP contribution in [0.5, 0.6) is 0 Å². The molecule has 1 aromatic heterocycles. The molecular weight excluding hydrogens is 322 g/mol. The second-order valence-corrected chi connectivity index (χ2v) is 4.70. The normalized spacial score (nSPS) is 10.2. The number of nitrogens with zero attached hydrogens (tertiary/aromatic N) is 1. The van der Waals surface area contributed by atoms with Crippen molar-refractivity contribution < 1.29 is 9.18 Å². The molecule has 0 bridgehead atoms. The van der Waals surface area contributed by atoms with Gasteiger partial charge in [0, 0.05) is 11.2 Å². The smallest absolute Gasteiger partial charge is 0.259 e.